The summed E-state index contributed by atoms with van der Waals surface area (Å²) in [6.07, 6.45) is -5.33. The van der Waals surface area contributed by atoms with Crippen molar-refractivity contribution in [3.05, 3.63) is 0 Å². The molecule has 1 aliphatic heterocycles. The van der Waals surface area contributed by atoms with Crippen molar-refractivity contribution >= 4 is 6.09 Å². The molecule has 0 radical (unpaired) electrons. The maximum atomic E-state index is 12.8. The third kappa shape index (κ3) is 4.04. The Morgan fingerprint density at radius 2 is 1.83 bits per heavy atom. The third-order valence-electron chi connectivity index (χ3n) is 2.62. The average molecular weight is 268 g/mol. The Kier molecular flexibility index (Phi) is 4.15. The largest absolute Gasteiger partial charge is 0.444 e. The van der Waals surface area contributed by atoms with Gasteiger partial charge in [-0.1, -0.05) is 0 Å². The second-order valence-electron chi connectivity index (χ2n) is 5.53. The summed E-state index contributed by atoms with van der Waals surface area (Å²) in [5, 5.41) is 0. The number of hydrogen-bond donors (Lipinski definition) is 1. The van der Waals surface area contributed by atoms with Crippen molar-refractivity contribution in [2.75, 3.05) is 6.54 Å². The first-order valence-corrected chi connectivity index (χ1v) is 5.82. The summed E-state index contributed by atoms with van der Waals surface area (Å²) in [5.41, 5.74) is 4.79. The van der Waals surface area contributed by atoms with Gasteiger partial charge in [-0.2, -0.15) is 13.2 Å². The fraction of sp³-hybridized carbons (Fsp3) is 0.909. The summed E-state index contributed by atoms with van der Waals surface area (Å²) in [7, 11) is 0. The van der Waals surface area contributed by atoms with E-state index in [1.807, 2.05) is 0 Å². The van der Waals surface area contributed by atoms with Crippen molar-refractivity contribution in [1.29, 1.82) is 0 Å². The fourth-order valence-corrected chi connectivity index (χ4v) is 1.86. The number of halogens is 3. The van der Waals surface area contributed by atoms with Crippen LogP contribution in [0.1, 0.15) is 33.6 Å². The summed E-state index contributed by atoms with van der Waals surface area (Å²) in [6, 6.07) is -2.23. The summed E-state index contributed by atoms with van der Waals surface area (Å²) in [4.78, 5) is 12.5. The van der Waals surface area contributed by atoms with Crippen molar-refractivity contribution in [2.45, 2.75) is 57.5 Å². The molecule has 0 saturated carbocycles. The van der Waals surface area contributed by atoms with E-state index in [0.717, 1.165) is 0 Å². The molecule has 2 atom stereocenters. The Bertz CT molecular complexity index is 312. The molecule has 7 heteroatoms. The molecule has 106 valence electrons. The van der Waals surface area contributed by atoms with Crippen LogP contribution in [0.5, 0.6) is 0 Å². The second-order valence-corrected chi connectivity index (χ2v) is 5.53. The van der Waals surface area contributed by atoms with Gasteiger partial charge in [-0.25, -0.2) is 4.79 Å². The number of nitrogens with zero attached hydrogens (tertiary/aromatic N) is 1. The van der Waals surface area contributed by atoms with Gasteiger partial charge in [0.1, 0.15) is 11.6 Å². The number of hydrogen-bond acceptors (Lipinski definition) is 3. The minimum absolute atomic E-state index is 0.126. The van der Waals surface area contributed by atoms with Gasteiger partial charge in [0.05, 0.1) is 0 Å². The number of ether oxygens (including phenoxy) is 1. The number of nitrogens with two attached hydrogens (primary N) is 1. The van der Waals surface area contributed by atoms with Gasteiger partial charge >= 0.3 is 12.3 Å². The first-order chi connectivity index (χ1) is 8.00. The molecule has 4 nitrogen and oxygen atoms in total. The maximum absolute atomic E-state index is 12.8. The van der Waals surface area contributed by atoms with E-state index in [1.165, 1.54) is 0 Å². The van der Waals surface area contributed by atoms with E-state index >= 15 is 0 Å². The molecule has 0 aromatic rings. The maximum Gasteiger partial charge on any atom is 0.410 e. The van der Waals surface area contributed by atoms with Gasteiger partial charge in [0, 0.05) is 12.6 Å². The lowest BCUT2D eigenvalue weighted by Crippen LogP contribution is -2.57. The van der Waals surface area contributed by atoms with Gasteiger partial charge in [-0.15, -0.1) is 0 Å². The zero-order valence-corrected chi connectivity index (χ0v) is 10.8. The van der Waals surface area contributed by atoms with Gasteiger partial charge in [0.25, 0.3) is 0 Å². The van der Waals surface area contributed by atoms with Gasteiger partial charge in [0.15, 0.2) is 0 Å². The predicted octanol–water partition coefficient (Wildman–Crippen LogP) is 2.28. The molecule has 0 unspecified atom stereocenters. The van der Waals surface area contributed by atoms with E-state index in [4.69, 9.17) is 10.5 Å². The van der Waals surface area contributed by atoms with E-state index in [1.54, 1.807) is 20.8 Å². The third-order valence-corrected chi connectivity index (χ3v) is 2.62. The molecule has 1 saturated heterocycles. The molecule has 0 aromatic carbocycles. The van der Waals surface area contributed by atoms with E-state index in [0.29, 0.717) is 4.90 Å². The Hall–Kier alpha value is -0.980. The van der Waals surface area contributed by atoms with Gasteiger partial charge in [-0.05, 0) is 33.6 Å². The number of rotatable bonds is 0. The number of amides is 1. The number of carbonyl (C=O) groups excluding carboxylic acids is 1. The molecule has 2 N–H and O–H groups in total. The first-order valence-electron chi connectivity index (χ1n) is 5.82. The van der Waals surface area contributed by atoms with Crippen LogP contribution in [0.15, 0.2) is 0 Å². The Morgan fingerprint density at radius 3 is 2.28 bits per heavy atom. The first kappa shape index (κ1) is 15.1. The molecule has 1 rings (SSSR count). The number of alkyl halides is 3. The molecule has 0 spiro atoms. The van der Waals surface area contributed by atoms with Crippen LogP contribution in [0.25, 0.3) is 0 Å². The van der Waals surface area contributed by atoms with Gasteiger partial charge in [0.2, 0.25) is 0 Å². The normalized spacial score (nSPS) is 26.1. The molecule has 0 bridgehead atoms. The number of piperidine rings is 1. The molecule has 18 heavy (non-hydrogen) atoms. The number of carbonyl (C=O) groups is 1. The Balaban J connectivity index is 2.82. The van der Waals surface area contributed by atoms with Crippen molar-refractivity contribution in [3.8, 4) is 0 Å². The molecule has 1 aliphatic rings. The SMILES string of the molecule is CC(C)(C)OC(=O)N1C[C@H](N)CC[C@H]1C(F)(F)F. The van der Waals surface area contributed by atoms with E-state index in [2.05, 4.69) is 0 Å². The fourth-order valence-electron chi connectivity index (χ4n) is 1.86. The molecule has 0 aliphatic carbocycles. The summed E-state index contributed by atoms with van der Waals surface area (Å²) in [6.45, 7) is 4.70. The molecular formula is C11H19F3N2O2. The molecule has 1 heterocycles. The van der Waals surface area contributed by atoms with Crippen molar-refractivity contribution in [1.82, 2.24) is 4.90 Å². The average Bonchev–Trinajstić information content (AvgIpc) is 2.12. The van der Waals surface area contributed by atoms with E-state index < -0.39 is 30.0 Å². The minimum atomic E-state index is -4.45. The van der Waals surface area contributed by atoms with Crippen molar-refractivity contribution in [2.24, 2.45) is 5.73 Å². The zero-order valence-electron chi connectivity index (χ0n) is 10.8. The van der Waals surface area contributed by atoms with Crippen LogP contribution in [0.3, 0.4) is 0 Å². The Morgan fingerprint density at radius 1 is 1.28 bits per heavy atom. The topological polar surface area (TPSA) is 55.6 Å². The highest BCUT2D eigenvalue weighted by Gasteiger charge is 2.48. The van der Waals surface area contributed by atoms with Gasteiger partial charge < -0.3 is 10.5 Å². The highest BCUT2D eigenvalue weighted by Crippen LogP contribution is 2.32. The standard InChI is InChI=1S/C11H19F3N2O2/c1-10(2,3)18-9(17)16-6-7(15)4-5-8(16)11(12,13)14/h7-8H,4-6,15H2,1-3H3/t7-,8+/m1/s1. The minimum Gasteiger partial charge on any atom is -0.444 e. The van der Waals surface area contributed by atoms with Crippen LogP contribution in [-0.2, 0) is 4.74 Å². The highest BCUT2D eigenvalue weighted by atomic mass is 19.4. The lowest BCUT2D eigenvalue weighted by atomic mass is 9.99. The van der Waals surface area contributed by atoms with Crippen molar-refractivity contribution < 1.29 is 22.7 Å². The summed E-state index contributed by atoms with van der Waals surface area (Å²) < 4.78 is 43.4. The second kappa shape index (κ2) is 4.95. The van der Waals surface area contributed by atoms with Crippen LogP contribution in [-0.4, -0.2) is 41.4 Å². The van der Waals surface area contributed by atoms with Crippen LogP contribution in [0.2, 0.25) is 0 Å². The molecule has 1 fully saturated rings. The highest BCUT2D eigenvalue weighted by molar-refractivity contribution is 5.69. The van der Waals surface area contributed by atoms with Crippen LogP contribution >= 0.6 is 0 Å². The van der Waals surface area contributed by atoms with Crippen LogP contribution < -0.4 is 5.73 Å². The number of likely N-dealkylation sites (tertiary alicyclic amines) is 1. The summed E-state index contributed by atoms with van der Waals surface area (Å²) in [5.74, 6) is 0. The zero-order chi connectivity index (χ0) is 14.1. The van der Waals surface area contributed by atoms with Crippen LogP contribution in [0, 0.1) is 0 Å². The van der Waals surface area contributed by atoms with Gasteiger partial charge in [-0.3, -0.25) is 4.90 Å². The monoisotopic (exact) mass is 268 g/mol. The lowest BCUT2D eigenvalue weighted by Gasteiger charge is -2.39. The molecule has 1 amide bonds. The van der Waals surface area contributed by atoms with E-state index in [9.17, 15) is 18.0 Å². The Labute approximate surface area is 104 Å². The summed E-state index contributed by atoms with van der Waals surface area (Å²) >= 11 is 0. The van der Waals surface area contributed by atoms with Crippen LogP contribution in [0.4, 0.5) is 18.0 Å². The quantitative estimate of drug-likeness (QED) is 0.733. The molecular weight excluding hydrogens is 249 g/mol. The predicted molar refractivity (Wildman–Crippen MR) is 60.0 cm³/mol. The van der Waals surface area contributed by atoms with Crippen molar-refractivity contribution in [3.63, 3.8) is 0 Å². The smallest absolute Gasteiger partial charge is 0.410 e. The van der Waals surface area contributed by atoms with E-state index in [-0.39, 0.29) is 19.4 Å². The molecule has 0 aromatic heterocycles. The lowest BCUT2D eigenvalue weighted by molar-refractivity contribution is -0.188.